The number of imide groups is 1. The van der Waals surface area contributed by atoms with Crippen LogP contribution in [0.2, 0.25) is 0 Å². The summed E-state index contributed by atoms with van der Waals surface area (Å²) >= 11 is 1.37. The number of aliphatic imine (C=N–C) groups is 1. The minimum absolute atomic E-state index is 0.0381. The van der Waals surface area contributed by atoms with Gasteiger partial charge < -0.3 is 9.84 Å². The van der Waals surface area contributed by atoms with Gasteiger partial charge in [-0.2, -0.15) is 4.99 Å². The van der Waals surface area contributed by atoms with E-state index in [2.05, 4.69) is 10.3 Å². The van der Waals surface area contributed by atoms with Crippen LogP contribution in [0.4, 0.5) is 9.93 Å². The number of hydrogen-bond acceptors (Lipinski definition) is 7. The zero-order chi connectivity index (χ0) is 25.8. The van der Waals surface area contributed by atoms with Gasteiger partial charge in [0.2, 0.25) is 11.0 Å². The van der Waals surface area contributed by atoms with Crippen molar-refractivity contribution in [2.45, 2.75) is 19.4 Å². The highest BCUT2D eigenvalue weighted by molar-refractivity contribution is 7.15. The zero-order valence-corrected chi connectivity index (χ0v) is 20.9. The Hall–Kier alpha value is -4.50. The Bertz CT molecular complexity index is 1450. The van der Waals surface area contributed by atoms with Crippen molar-refractivity contribution < 1.29 is 19.4 Å². The van der Waals surface area contributed by atoms with Crippen LogP contribution in [0.15, 0.2) is 83.9 Å². The van der Waals surface area contributed by atoms with Crippen LogP contribution in [0.25, 0.3) is 0 Å². The van der Waals surface area contributed by atoms with E-state index in [0.29, 0.717) is 24.6 Å². The molecule has 1 saturated heterocycles. The molecule has 1 aliphatic heterocycles. The summed E-state index contributed by atoms with van der Waals surface area (Å²) in [6, 6.07) is 24.4. The van der Waals surface area contributed by atoms with E-state index in [1.807, 2.05) is 66.7 Å². The quantitative estimate of drug-likeness (QED) is 0.330. The first-order chi connectivity index (χ1) is 17.9. The van der Waals surface area contributed by atoms with Gasteiger partial charge in [0.1, 0.15) is 18.1 Å². The molecular formula is C28H24N4O4S. The molecule has 0 radical (unpaired) electrons. The summed E-state index contributed by atoms with van der Waals surface area (Å²) in [6.45, 7) is 0.497. The van der Waals surface area contributed by atoms with Crippen LogP contribution in [-0.4, -0.2) is 39.8 Å². The molecule has 4 aromatic rings. The minimum atomic E-state index is -0.514. The fraction of sp³-hybridized carbons (Fsp3) is 0.143. The average Bonchev–Trinajstić information content (AvgIpc) is 3.39. The maximum absolute atomic E-state index is 12.3. The maximum Gasteiger partial charge on any atom is 0.329 e. The Labute approximate surface area is 217 Å². The topological polar surface area (TPSA) is 104 Å². The van der Waals surface area contributed by atoms with Crippen molar-refractivity contribution in [3.05, 3.63) is 106 Å². The predicted molar refractivity (Wildman–Crippen MR) is 141 cm³/mol. The summed E-state index contributed by atoms with van der Waals surface area (Å²) in [4.78, 5) is 35.0. The van der Waals surface area contributed by atoms with Crippen molar-refractivity contribution in [2.75, 3.05) is 7.05 Å². The smallest absolute Gasteiger partial charge is 0.329 e. The van der Waals surface area contributed by atoms with Crippen LogP contribution in [0.3, 0.4) is 0 Å². The zero-order valence-electron chi connectivity index (χ0n) is 20.0. The molecule has 0 saturated carbocycles. The van der Waals surface area contributed by atoms with Crippen molar-refractivity contribution in [3.63, 3.8) is 0 Å². The highest BCUT2D eigenvalue weighted by Gasteiger charge is 2.32. The Kier molecular flexibility index (Phi) is 6.96. The number of nitrogens with zero attached hydrogens (tertiary/aromatic N) is 3. The predicted octanol–water partition coefficient (Wildman–Crippen LogP) is 4.82. The molecule has 2 N–H and O–H groups in total. The minimum Gasteiger partial charge on any atom is -0.508 e. The monoisotopic (exact) mass is 512 g/mol. The van der Waals surface area contributed by atoms with Crippen LogP contribution >= 0.6 is 11.3 Å². The lowest BCUT2D eigenvalue weighted by Crippen LogP contribution is -2.25. The number of rotatable bonds is 8. The van der Waals surface area contributed by atoms with E-state index >= 15 is 0 Å². The number of carbonyl (C=O) groups is 2. The first-order valence-corrected chi connectivity index (χ1v) is 12.5. The highest BCUT2D eigenvalue weighted by Crippen LogP contribution is 2.30. The third-order valence-corrected chi connectivity index (χ3v) is 6.85. The molecule has 1 aliphatic rings. The van der Waals surface area contributed by atoms with Gasteiger partial charge in [0.05, 0.1) is 5.69 Å². The molecule has 8 nitrogen and oxygen atoms in total. The number of likely N-dealkylation sites (N-methyl/N-ethyl adjacent to an activating group) is 1. The van der Waals surface area contributed by atoms with E-state index in [1.54, 1.807) is 12.1 Å². The number of thiazole rings is 1. The summed E-state index contributed by atoms with van der Waals surface area (Å²) in [5.74, 6) is 0.452. The maximum atomic E-state index is 12.3. The molecule has 1 aromatic heterocycles. The Balaban J connectivity index is 1.36. The lowest BCUT2D eigenvalue weighted by atomic mass is 10.1. The van der Waals surface area contributed by atoms with Gasteiger partial charge in [-0.05, 0) is 41.0 Å². The van der Waals surface area contributed by atoms with Gasteiger partial charge in [0.25, 0.3) is 5.91 Å². The molecule has 9 heteroatoms. The molecule has 0 bridgehead atoms. The van der Waals surface area contributed by atoms with Crippen molar-refractivity contribution in [1.82, 2.24) is 15.2 Å². The summed E-state index contributed by atoms with van der Waals surface area (Å²) < 4.78 is 5.89. The lowest BCUT2D eigenvalue weighted by molar-refractivity contribution is -0.119. The number of nitrogens with one attached hydrogen (secondary N) is 1. The number of aromatic nitrogens is 1. The van der Waals surface area contributed by atoms with Gasteiger partial charge >= 0.3 is 6.03 Å². The van der Waals surface area contributed by atoms with E-state index in [0.717, 1.165) is 37.9 Å². The first kappa shape index (κ1) is 24.2. The second-order valence-electron chi connectivity index (χ2n) is 8.56. The van der Waals surface area contributed by atoms with E-state index in [1.165, 1.54) is 18.4 Å². The van der Waals surface area contributed by atoms with Crippen LogP contribution in [-0.2, 0) is 24.2 Å². The summed E-state index contributed by atoms with van der Waals surface area (Å²) in [6.07, 6.45) is 1.16. The summed E-state index contributed by atoms with van der Waals surface area (Å²) in [7, 11) is 1.40. The molecule has 0 aliphatic carbocycles. The summed E-state index contributed by atoms with van der Waals surface area (Å²) in [5, 5.41) is 12.5. The number of ether oxygens (including phenoxy) is 1. The standard InChI is InChI=1S/C28H24N4O4S/c1-32-26(34)25(31-28(32)35)30-27-29-23(24(37-27)16-19-7-11-21(33)12-8-19)15-18-9-13-22(14-10-18)36-17-20-5-3-2-4-6-20/h2-14,33H,15-17H2,1H3,(H,29,30,31,35). The van der Waals surface area contributed by atoms with Gasteiger partial charge in [0, 0.05) is 24.8 Å². The SMILES string of the molecule is CN1C(=O)NC(=Nc2nc(Cc3ccc(OCc4ccccc4)cc3)c(Cc3ccc(O)cc3)s2)C1=O. The fourth-order valence-corrected chi connectivity index (χ4v) is 4.78. The van der Waals surface area contributed by atoms with Crippen LogP contribution in [0, 0.1) is 0 Å². The largest absolute Gasteiger partial charge is 0.508 e. The Morgan fingerprint density at radius 1 is 0.919 bits per heavy atom. The molecule has 3 amide bonds. The molecule has 0 atom stereocenters. The number of aromatic hydroxyl groups is 1. The molecular weight excluding hydrogens is 488 g/mol. The molecule has 1 fully saturated rings. The van der Waals surface area contributed by atoms with Crippen molar-refractivity contribution >= 4 is 34.2 Å². The van der Waals surface area contributed by atoms with Crippen molar-refractivity contribution in [3.8, 4) is 11.5 Å². The van der Waals surface area contributed by atoms with Gasteiger partial charge in [-0.25, -0.2) is 9.78 Å². The van der Waals surface area contributed by atoms with Crippen molar-refractivity contribution in [1.29, 1.82) is 0 Å². The Morgan fingerprint density at radius 2 is 1.59 bits per heavy atom. The first-order valence-electron chi connectivity index (χ1n) is 11.6. The number of amides is 3. The highest BCUT2D eigenvalue weighted by atomic mass is 32.1. The van der Waals surface area contributed by atoms with Crippen LogP contribution in [0.5, 0.6) is 11.5 Å². The van der Waals surface area contributed by atoms with Gasteiger partial charge in [-0.3, -0.25) is 15.0 Å². The number of hydrogen-bond donors (Lipinski definition) is 2. The summed E-state index contributed by atoms with van der Waals surface area (Å²) in [5.41, 5.74) is 4.00. The fourth-order valence-electron chi connectivity index (χ4n) is 3.79. The number of carbonyl (C=O) groups excluding carboxylic acids is 2. The number of amidine groups is 1. The normalized spacial score (nSPS) is 14.3. The number of urea groups is 1. The lowest BCUT2D eigenvalue weighted by Gasteiger charge is -2.08. The third-order valence-electron chi connectivity index (χ3n) is 5.86. The van der Waals surface area contributed by atoms with Gasteiger partial charge in [-0.15, -0.1) is 0 Å². The molecule has 0 unspecified atom stereocenters. The van der Waals surface area contributed by atoms with E-state index < -0.39 is 11.9 Å². The van der Waals surface area contributed by atoms with Crippen LogP contribution in [0.1, 0.15) is 27.3 Å². The average molecular weight is 513 g/mol. The third kappa shape index (κ3) is 5.84. The van der Waals surface area contributed by atoms with Gasteiger partial charge in [0.15, 0.2) is 0 Å². The molecule has 2 heterocycles. The number of benzene rings is 3. The van der Waals surface area contributed by atoms with Crippen molar-refractivity contribution in [2.24, 2.45) is 4.99 Å². The van der Waals surface area contributed by atoms with Crippen LogP contribution < -0.4 is 10.1 Å². The molecule has 0 spiro atoms. The molecule has 5 rings (SSSR count). The second-order valence-corrected chi connectivity index (χ2v) is 9.62. The number of phenolic OH excluding ortho intramolecular Hbond substituents is 1. The molecule has 3 aromatic carbocycles. The van der Waals surface area contributed by atoms with Gasteiger partial charge in [-0.1, -0.05) is 65.9 Å². The molecule has 186 valence electrons. The number of phenols is 1. The van der Waals surface area contributed by atoms with E-state index in [4.69, 9.17) is 9.72 Å². The Morgan fingerprint density at radius 3 is 2.27 bits per heavy atom. The van der Waals surface area contributed by atoms with E-state index in [9.17, 15) is 14.7 Å². The molecule has 37 heavy (non-hydrogen) atoms. The second kappa shape index (κ2) is 10.6. The van der Waals surface area contributed by atoms with E-state index in [-0.39, 0.29) is 11.6 Å².